The predicted octanol–water partition coefficient (Wildman–Crippen LogP) is 0.272. The number of rotatable bonds is 0. The monoisotopic (exact) mass is 155 g/mol. The van der Waals surface area contributed by atoms with Crippen molar-refractivity contribution < 1.29 is 18.3 Å². The standard InChI is InChI=1S/C5H8F3NO/c6-5(7,8)4-1-3(10)2-9-4/h3-4,9-10H,1-2H2. The molecule has 0 aromatic rings. The van der Waals surface area contributed by atoms with E-state index in [4.69, 9.17) is 5.11 Å². The number of hydrogen-bond acceptors (Lipinski definition) is 2. The van der Waals surface area contributed by atoms with Crippen molar-refractivity contribution >= 4 is 0 Å². The summed E-state index contributed by atoms with van der Waals surface area (Å²) in [6.07, 6.45) is -5.27. The normalized spacial score (nSPS) is 34.8. The van der Waals surface area contributed by atoms with Gasteiger partial charge in [0.25, 0.3) is 0 Å². The summed E-state index contributed by atoms with van der Waals surface area (Å²) in [6.45, 7) is 0.0458. The first-order valence-electron chi connectivity index (χ1n) is 2.98. The van der Waals surface area contributed by atoms with E-state index in [1.165, 1.54) is 0 Å². The maximum Gasteiger partial charge on any atom is 0.403 e. The molecular weight excluding hydrogens is 147 g/mol. The summed E-state index contributed by atoms with van der Waals surface area (Å²) >= 11 is 0. The molecule has 0 spiro atoms. The summed E-state index contributed by atoms with van der Waals surface area (Å²) in [5, 5.41) is 10.9. The molecule has 2 N–H and O–H groups in total. The van der Waals surface area contributed by atoms with Crippen molar-refractivity contribution in [2.24, 2.45) is 0 Å². The number of alkyl halides is 3. The highest BCUT2D eigenvalue weighted by molar-refractivity contribution is 4.85. The van der Waals surface area contributed by atoms with Gasteiger partial charge in [0.05, 0.1) is 6.10 Å². The Balaban J connectivity index is 2.45. The molecule has 2 nitrogen and oxygen atoms in total. The predicted molar refractivity (Wildman–Crippen MR) is 28.5 cm³/mol. The van der Waals surface area contributed by atoms with Gasteiger partial charge >= 0.3 is 6.18 Å². The van der Waals surface area contributed by atoms with Crippen molar-refractivity contribution in [2.45, 2.75) is 24.7 Å². The minimum Gasteiger partial charge on any atom is -0.392 e. The average molecular weight is 155 g/mol. The Kier molecular flexibility index (Phi) is 1.87. The van der Waals surface area contributed by atoms with Crippen LogP contribution < -0.4 is 5.32 Å². The third-order valence-electron chi connectivity index (χ3n) is 1.50. The Labute approximate surface area is 56.0 Å². The third-order valence-corrected chi connectivity index (χ3v) is 1.50. The number of hydrogen-bond donors (Lipinski definition) is 2. The molecule has 1 saturated heterocycles. The lowest BCUT2D eigenvalue weighted by molar-refractivity contribution is -0.153. The highest BCUT2D eigenvalue weighted by Crippen LogP contribution is 2.26. The first-order valence-corrected chi connectivity index (χ1v) is 2.98. The molecule has 1 rings (SSSR count). The number of aliphatic hydroxyl groups excluding tert-OH is 1. The van der Waals surface area contributed by atoms with E-state index < -0.39 is 18.3 Å². The summed E-state index contributed by atoms with van der Waals surface area (Å²) in [6, 6.07) is -1.51. The molecular formula is C5H8F3NO. The number of β-amino-alcohol motifs (C(OH)–C–C–N with tert-alkyl or cyclic N) is 1. The summed E-state index contributed by atoms with van der Waals surface area (Å²) in [7, 11) is 0. The topological polar surface area (TPSA) is 32.3 Å². The second-order valence-corrected chi connectivity index (χ2v) is 2.39. The summed E-state index contributed by atoms with van der Waals surface area (Å²) in [5.74, 6) is 0. The van der Waals surface area contributed by atoms with E-state index >= 15 is 0 Å². The Morgan fingerprint density at radius 1 is 1.40 bits per heavy atom. The van der Waals surface area contributed by atoms with Gasteiger partial charge in [-0.3, -0.25) is 0 Å². The van der Waals surface area contributed by atoms with Gasteiger partial charge in [-0.25, -0.2) is 0 Å². The zero-order chi connectivity index (χ0) is 7.78. The van der Waals surface area contributed by atoms with Gasteiger partial charge in [-0.15, -0.1) is 0 Å². The van der Waals surface area contributed by atoms with Gasteiger partial charge in [0.15, 0.2) is 0 Å². The minimum atomic E-state index is -4.21. The van der Waals surface area contributed by atoms with Crippen molar-refractivity contribution in [2.75, 3.05) is 6.54 Å². The van der Waals surface area contributed by atoms with Crippen LogP contribution in [0.4, 0.5) is 13.2 Å². The van der Waals surface area contributed by atoms with Gasteiger partial charge in [-0.1, -0.05) is 0 Å². The van der Waals surface area contributed by atoms with Crippen LogP contribution in [0.25, 0.3) is 0 Å². The molecule has 1 aliphatic rings. The zero-order valence-corrected chi connectivity index (χ0v) is 5.15. The molecule has 2 unspecified atom stereocenters. The molecule has 1 heterocycles. The zero-order valence-electron chi connectivity index (χ0n) is 5.15. The van der Waals surface area contributed by atoms with Crippen LogP contribution in [0.1, 0.15) is 6.42 Å². The first kappa shape index (κ1) is 7.81. The lowest BCUT2D eigenvalue weighted by atomic mass is 10.2. The van der Waals surface area contributed by atoms with Gasteiger partial charge < -0.3 is 10.4 Å². The Morgan fingerprint density at radius 3 is 2.20 bits per heavy atom. The Morgan fingerprint density at radius 2 is 2.00 bits per heavy atom. The summed E-state index contributed by atoms with van der Waals surface area (Å²) < 4.78 is 35.3. The molecule has 0 radical (unpaired) electrons. The lowest BCUT2D eigenvalue weighted by Crippen LogP contribution is -2.36. The second-order valence-electron chi connectivity index (χ2n) is 2.39. The van der Waals surface area contributed by atoms with Crippen LogP contribution in [0, 0.1) is 0 Å². The van der Waals surface area contributed by atoms with E-state index in [-0.39, 0.29) is 13.0 Å². The van der Waals surface area contributed by atoms with Crippen LogP contribution in [0.2, 0.25) is 0 Å². The number of aliphatic hydroxyl groups is 1. The van der Waals surface area contributed by atoms with Crippen molar-refractivity contribution in [1.29, 1.82) is 0 Å². The van der Waals surface area contributed by atoms with E-state index in [1.807, 2.05) is 0 Å². The number of nitrogens with one attached hydrogen (secondary N) is 1. The van der Waals surface area contributed by atoms with Gasteiger partial charge in [0.2, 0.25) is 0 Å². The fourth-order valence-corrected chi connectivity index (χ4v) is 0.966. The van der Waals surface area contributed by atoms with Gasteiger partial charge in [-0.2, -0.15) is 13.2 Å². The van der Waals surface area contributed by atoms with E-state index in [9.17, 15) is 13.2 Å². The first-order chi connectivity index (χ1) is 4.50. The molecule has 2 atom stereocenters. The molecule has 0 aromatic heterocycles. The fourth-order valence-electron chi connectivity index (χ4n) is 0.966. The van der Waals surface area contributed by atoms with E-state index in [0.29, 0.717) is 0 Å². The summed E-state index contributed by atoms with van der Waals surface area (Å²) in [5.41, 5.74) is 0. The van der Waals surface area contributed by atoms with Crippen molar-refractivity contribution in [3.8, 4) is 0 Å². The van der Waals surface area contributed by atoms with Crippen LogP contribution in [0.3, 0.4) is 0 Å². The van der Waals surface area contributed by atoms with Crippen LogP contribution >= 0.6 is 0 Å². The van der Waals surface area contributed by atoms with Crippen LogP contribution in [-0.4, -0.2) is 30.0 Å². The highest BCUT2D eigenvalue weighted by atomic mass is 19.4. The van der Waals surface area contributed by atoms with Gasteiger partial charge in [0.1, 0.15) is 6.04 Å². The van der Waals surface area contributed by atoms with E-state index in [0.717, 1.165) is 0 Å². The molecule has 1 fully saturated rings. The maximum atomic E-state index is 11.8. The maximum absolute atomic E-state index is 11.8. The lowest BCUT2D eigenvalue weighted by Gasteiger charge is -2.13. The smallest absolute Gasteiger partial charge is 0.392 e. The largest absolute Gasteiger partial charge is 0.403 e. The Bertz CT molecular complexity index is 125. The Hall–Kier alpha value is -0.290. The highest BCUT2D eigenvalue weighted by Gasteiger charge is 2.43. The molecule has 5 heteroatoms. The number of halogens is 3. The molecule has 10 heavy (non-hydrogen) atoms. The molecule has 0 saturated carbocycles. The SMILES string of the molecule is OC1CNC(C(F)(F)F)C1. The van der Waals surface area contributed by atoms with Gasteiger partial charge in [0, 0.05) is 6.54 Å². The van der Waals surface area contributed by atoms with Crippen LogP contribution in [0.15, 0.2) is 0 Å². The molecule has 0 aromatic carbocycles. The minimum absolute atomic E-state index is 0.0458. The van der Waals surface area contributed by atoms with Crippen LogP contribution in [0.5, 0.6) is 0 Å². The molecule has 1 aliphatic heterocycles. The van der Waals surface area contributed by atoms with Crippen LogP contribution in [-0.2, 0) is 0 Å². The third kappa shape index (κ3) is 1.60. The fraction of sp³-hybridized carbons (Fsp3) is 1.00. The van der Waals surface area contributed by atoms with Crippen molar-refractivity contribution in [3.05, 3.63) is 0 Å². The van der Waals surface area contributed by atoms with E-state index in [1.54, 1.807) is 0 Å². The molecule has 60 valence electrons. The molecule has 0 bridgehead atoms. The average Bonchev–Trinajstić information content (AvgIpc) is 2.11. The van der Waals surface area contributed by atoms with Crippen molar-refractivity contribution in [1.82, 2.24) is 5.32 Å². The molecule has 0 aliphatic carbocycles. The second kappa shape index (κ2) is 2.39. The van der Waals surface area contributed by atoms with E-state index in [2.05, 4.69) is 5.32 Å². The van der Waals surface area contributed by atoms with Crippen molar-refractivity contribution in [3.63, 3.8) is 0 Å². The molecule has 0 amide bonds. The van der Waals surface area contributed by atoms with Gasteiger partial charge in [-0.05, 0) is 6.42 Å². The summed E-state index contributed by atoms with van der Waals surface area (Å²) in [4.78, 5) is 0. The quantitative estimate of drug-likeness (QED) is 0.526.